The number of thioether (sulfide) groups is 1. The summed E-state index contributed by atoms with van der Waals surface area (Å²) in [6.07, 6.45) is 5.20. The van der Waals surface area contributed by atoms with Gasteiger partial charge in [0, 0.05) is 12.6 Å². The fourth-order valence-corrected chi connectivity index (χ4v) is 3.28. The molecule has 1 saturated heterocycles. The van der Waals surface area contributed by atoms with Crippen LogP contribution in [0.15, 0.2) is 30.3 Å². The summed E-state index contributed by atoms with van der Waals surface area (Å²) in [6, 6.07) is 9.48. The summed E-state index contributed by atoms with van der Waals surface area (Å²) in [5, 5.41) is 9.23. The first-order valence-electron chi connectivity index (χ1n) is 8.52. The topological polar surface area (TPSA) is 70.2 Å². The van der Waals surface area contributed by atoms with Crippen LogP contribution in [-0.2, 0) is 16.0 Å². The molecule has 7 heteroatoms. The van der Waals surface area contributed by atoms with Gasteiger partial charge in [-0.2, -0.15) is 11.8 Å². The van der Waals surface area contributed by atoms with E-state index in [2.05, 4.69) is 16.0 Å². The predicted octanol–water partition coefficient (Wildman–Crippen LogP) is 1.76. The summed E-state index contributed by atoms with van der Waals surface area (Å²) in [4.78, 5) is 24.7. The summed E-state index contributed by atoms with van der Waals surface area (Å²) in [5.74, 6) is 0.645. The van der Waals surface area contributed by atoms with Gasteiger partial charge in [-0.25, -0.2) is 0 Å². The summed E-state index contributed by atoms with van der Waals surface area (Å²) < 4.78 is 0. The Morgan fingerprint density at radius 1 is 1.32 bits per heavy atom. The van der Waals surface area contributed by atoms with Crippen LogP contribution in [0.4, 0.5) is 0 Å². The Morgan fingerprint density at radius 3 is 2.72 bits per heavy atom. The fraction of sp³-hybridized carbons (Fsp3) is 0.556. The number of carbonyl (C=O) groups is 2. The molecule has 2 unspecified atom stereocenters. The Hall–Kier alpha value is -1.24. The van der Waals surface area contributed by atoms with Crippen LogP contribution in [0, 0.1) is 0 Å². The van der Waals surface area contributed by atoms with Gasteiger partial charge in [-0.3, -0.25) is 9.59 Å². The van der Waals surface area contributed by atoms with Crippen LogP contribution < -0.4 is 16.0 Å². The van der Waals surface area contributed by atoms with Crippen LogP contribution in [0.3, 0.4) is 0 Å². The molecule has 2 atom stereocenters. The molecule has 2 amide bonds. The number of nitrogens with one attached hydrogen (secondary N) is 3. The van der Waals surface area contributed by atoms with Crippen molar-refractivity contribution in [1.82, 2.24) is 16.0 Å². The second-order valence-corrected chi connectivity index (χ2v) is 7.09. The van der Waals surface area contributed by atoms with Gasteiger partial charge in [0.2, 0.25) is 11.8 Å². The van der Waals surface area contributed by atoms with E-state index in [1.54, 1.807) is 11.8 Å². The summed E-state index contributed by atoms with van der Waals surface area (Å²) in [7, 11) is 0. The van der Waals surface area contributed by atoms with Gasteiger partial charge in [0.25, 0.3) is 0 Å². The van der Waals surface area contributed by atoms with Gasteiger partial charge in [0.05, 0.1) is 6.42 Å². The molecule has 1 aromatic carbocycles. The second kappa shape index (κ2) is 12.2. The number of rotatable bonds is 9. The molecule has 0 aromatic heterocycles. The average Bonchev–Trinajstić information content (AvgIpc) is 3.11. The molecule has 1 aliphatic heterocycles. The zero-order valence-corrected chi connectivity index (χ0v) is 16.3. The Kier molecular flexibility index (Phi) is 10.6. The Labute approximate surface area is 160 Å². The van der Waals surface area contributed by atoms with Gasteiger partial charge in [-0.05, 0) is 43.4 Å². The number of hydrogen-bond donors (Lipinski definition) is 3. The van der Waals surface area contributed by atoms with Gasteiger partial charge in [-0.15, -0.1) is 12.4 Å². The second-order valence-electron chi connectivity index (χ2n) is 6.10. The van der Waals surface area contributed by atoms with E-state index in [0.29, 0.717) is 25.4 Å². The molecule has 140 valence electrons. The number of hydrogen-bond acceptors (Lipinski definition) is 4. The van der Waals surface area contributed by atoms with Crippen LogP contribution in [0.1, 0.15) is 24.8 Å². The maximum atomic E-state index is 12.4. The number of halogens is 1. The van der Waals surface area contributed by atoms with E-state index < -0.39 is 6.04 Å². The van der Waals surface area contributed by atoms with Crippen LogP contribution >= 0.6 is 24.2 Å². The van der Waals surface area contributed by atoms with Crippen molar-refractivity contribution in [3.8, 4) is 0 Å². The van der Waals surface area contributed by atoms with Crippen molar-refractivity contribution in [3.05, 3.63) is 35.9 Å². The highest BCUT2D eigenvalue weighted by molar-refractivity contribution is 7.98. The standard InChI is InChI=1S/C18H27N3O2S.ClH/c1-24-11-9-16(18(23)20-13-15-8-5-10-19-15)21-17(22)12-14-6-3-2-4-7-14;/h2-4,6-7,15-16,19H,5,8-13H2,1H3,(H,20,23)(H,21,22);1H. The lowest BCUT2D eigenvalue weighted by Crippen LogP contribution is -2.49. The molecule has 25 heavy (non-hydrogen) atoms. The predicted molar refractivity (Wildman–Crippen MR) is 106 cm³/mol. The molecule has 1 fully saturated rings. The Bertz CT molecular complexity index is 524. The molecule has 0 radical (unpaired) electrons. The fourth-order valence-electron chi connectivity index (χ4n) is 2.81. The smallest absolute Gasteiger partial charge is 0.242 e. The molecule has 1 aliphatic rings. The van der Waals surface area contributed by atoms with Crippen LogP contribution in [0.25, 0.3) is 0 Å². The number of carbonyl (C=O) groups excluding carboxylic acids is 2. The lowest BCUT2D eigenvalue weighted by atomic mass is 10.1. The van der Waals surface area contributed by atoms with Crippen molar-refractivity contribution in [2.75, 3.05) is 25.1 Å². The van der Waals surface area contributed by atoms with E-state index >= 15 is 0 Å². The number of amides is 2. The van der Waals surface area contributed by atoms with Crippen LogP contribution in [0.5, 0.6) is 0 Å². The van der Waals surface area contributed by atoms with Crippen molar-refractivity contribution in [3.63, 3.8) is 0 Å². The zero-order chi connectivity index (χ0) is 17.2. The van der Waals surface area contributed by atoms with Crippen molar-refractivity contribution in [2.45, 2.75) is 37.8 Å². The Balaban J connectivity index is 0.00000312. The summed E-state index contributed by atoms with van der Waals surface area (Å²) in [5.41, 5.74) is 0.953. The van der Waals surface area contributed by atoms with Crippen molar-refractivity contribution >= 4 is 36.0 Å². The van der Waals surface area contributed by atoms with E-state index in [9.17, 15) is 9.59 Å². The molecule has 0 saturated carbocycles. The minimum atomic E-state index is -0.463. The SMILES string of the molecule is CSCCC(NC(=O)Cc1ccccc1)C(=O)NCC1CCCN1.Cl. The highest BCUT2D eigenvalue weighted by Gasteiger charge is 2.22. The van der Waals surface area contributed by atoms with Gasteiger partial charge < -0.3 is 16.0 Å². The molecule has 0 aliphatic carbocycles. The zero-order valence-electron chi connectivity index (χ0n) is 14.6. The summed E-state index contributed by atoms with van der Waals surface area (Å²) in [6.45, 7) is 1.65. The molecule has 1 aromatic rings. The molecule has 3 N–H and O–H groups in total. The minimum Gasteiger partial charge on any atom is -0.353 e. The maximum Gasteiger partial charge on any atom is 0.242 e. The van der Waals surface area contributed by atoms with E-state index in [-0.39, 0.29) is 24.2 Å². The minimum absolute atomic E-state index is 0. The third-order valence-corrected chi connectivity index (χ3v) is 4.80. The molecular weight excluding hydrogens is 358 g/mol. The highest BCUT2D eigenvalue weighted by atomic mass is 35.5. The normalized spacial score (nSPS) is 17.4. The average molecular weight is 386 g/mol. The first-order valence-corrected chi connectivity index (χ1v) is 9.91. The third-order valence-electron chi connectivity index (χ3n) is 4.15. The van der Waals surface area contributed by atoms with Crippen molar-refractivity contribution in [2.24, 2.45) is 0 Å². The highest BCUT2D eigenvalue weighted by Crippen LogP contribution is 2.06. The first kappa shape index (κ1) is 21.8. The van der Waals surface area contributed by atoms with Crippen LogP contribution in [-0.4, -0.2) is 49.0 Å². The monoisotopic (exact) mass is 385 g/mol. The first-order chi connectivity index (χ1) is 11.7. The maximum absolute atomic E-state index is 12.4. The van der Waals surface area contributed by atoms with E-state index in [4.69, 9.17) is 0 Å². The summed E-state index contributed by atoms with van der Waals surface area (Å²) >= 11 is 1.68. The lowest BCUT2D eigenvalue weighted by Gasteiger charge is -2.20. The molecular formula is C18H28ClN3O2S. The van der Waals surface area contributed by atoms with E-state index in [1.165, 1.54) is 0 Å². The lowest BCUT2D eigenvalue weighted by molar-refractivity contribution is -0.128. The third kappa shape index (κ3) is 8.12. The Morgan fingerprint density at radius 2 is 2.08 bits per heavy atom. The van der Waals surface area contributed by atoms with Gasteiger partial charge in [-0.1, -0.05) is 30.3 Å². The molecule has 5 nitrogen and oxygen atoms in total. The largest absolute Gasteiger partial charge is 0.353 e. The molecule has 0 spiro atoms. The van der Waals surface area contributed by atoms with E-state index in [0.717, 1.165) is 30.7 Å². The molecule has 1 heterocycles. The van der Waals surface area contributed by atoms with Crippen molar-refractivity contribution in [1.29, 1.82) is 0 Å². The van der Waals surface area contributed by atoms with Gasteiger partial charge in [0.1, 0.15) is 6.04 Å². The van der Waals surface area contributed by atoms with Gasteiger partial charge >= 0.3 is 0 Å². The van der Waals surface area contributed by atoms with Crippen LogP contribution in [0.2, 0.25) is 0 Å². The van der Waals surface area contributed by atoms with E-state index in [1.807, 2.05) is 36.6 Å². The molecule has 2 rings (SSSR count). The molecule has 0 bridgehead atoms. The number of benzene rings is 1. The van der Waals surface area contributed by atoms with Crippen molar-refractivity contribution < 1.29 is 9.59 Å². The van der Waals surface area contributed by atoms with Gasteiger partial charge in [0.15, 0.2) is 0 Å². The quantitative estimate of drug-likeness (QED) is 0.605.